The number of rotatable bonds is 4. The molecule has 0 unspecified atom stereocenters. The van der Waals surface area contributed by atoms with Gasteiger partial charge in [0.15, 0.2) is 0 Å². The number of nitrogens with two attached hydrogens (primary N) is 1. The predicted molar refractivity (Wildman–Crippen MR) is 116 cm³/mol. The van der Waals surface area contributed by atoms with Crippen LogP contribution in [0, 0.1) is 0 Å². The fraction of sp³-hybridized carbons (Fsp3) is 0.318. The lowest BCUT2D eigenvalue weighted by atomic mass is 10.1. The second kappa shape index (κ2) is 7.24. The quantitative estimate of drug-likeness (QED) is 0.546. The Labute approximate surface area is 168 Å². The van der Waals surface area contributed by atoms with Crippen LogP contribution in [0.4, 0.5) is 11.8 Å². The zero-order chi connectivity index (χ0) is 19.8. The molecule has 7 nitrogen and oxygen atoms in total. The number of ether oxygens (including phenoxy) is 1. The monoisotopic (exact) mass is 388 g/mol. The number of pyridine rings is 1. The van der Waals surface area contributed by atoms with Gasteiger partial charge in [-0.2, -0.15) is 4.98 Å². The molecule has 0 atom stereocenters. The standard InChI is InChI=1S/C22H24N6O/c1-2-29-21-20-19(26-22(27-21)28-10-4-3-5-11-28)16-8-6-14(12-17(16)25-20)15-7-9-18(23)24-13-15/h6-9,12-13,25H,2-5,10-11H2,1H3,(H2,23,24). The molecule has 0 saturated carbocycles. The molecule has 5 rings (SSSR count). The highest BCUT2D eigenvalue weighted by molar-refractivity contribution is 6.07. The molecule has 1 fully saturated rings. The molecule has 3 N–H and O–H groups in total. The molecular weight excluding hydrogens is 364 g/mol. The Morgan fingerprint density at radius 2 is 1.90 bits per heavy atom. The highest BCUT2D eigenvalue weighted by atomic mass is 16.5. The second-order valence-electron chi connectivity index (χ2n) is 7.39. The van der Waals surface area contributed by atoms with Gasteiger partial charge in [0.25, 0.3) is 0 Å². The normalized spacial score (nSPS) is 14.6. The van der Waals surface area contributed by atoms with E-state index in [9.17, 15) is 0 Å². The third-order valence-corrected chi connectivity index (χ3v) is 5.44. The van der Waals surface area contributed by atoms with Crippen LogP contribution in [-0.2, 0) is 0 Å². The third-order valence-electron chi connectivity index (χ3n) is 5.44. The first-order valence-corrected chi connectivity index (χ1v) is 10.2. The molecule has 29 heavy (non-hydrogen) atoms. The van der Waals surface area contributed by atoms with Crippen LogP contribution in [0.3, 0.4) is 0 Å². The number of aromatic amines is 1. The minimum Gasteiger partial charge on any atom is -0.476 e. The zero-order valence-electron chi connectivity index (χ0n) is 16.5. The first kappa shape index (κ1) is 17.7. The number of fused-ring (bicyclic) bond motifs is 3. The third kappa shape index (κ3) is 3.22. The summed E-state index contributed by atoms with van der Waals surface area (Å²) in [6, 6.07) is 10.1. The van der Waals surface area contributed by atoms with Crippen molar-refractivity contribution in [3.8, 4) is 17.0 Å². The largest absolute Gasteiger partial charge is 0.476 e. The minimum absolute atomic E-state index is 0.516. The maximum Gasteiger partial charge on any atom is 0.243 e. The highest BCUT2D eigenvalue weighted by Crippen LogP contribution is 2.34. The molecule has 0 spiro atoms. The summed E-state index contributed by atoms with van der Waals surface area (Å²) in [6.07, 6.45) is 5.42. The van der Waals surface area contributed by atoms with Gasteiger partial charge in [0.05, 0.1) is 6.61 Å². The van der Waals surface area contributed by atoms with E-state index in [1.54, 1.807) is 6.20 Å². The molecule has 4 aromatic rings. The van der Waals surface area contributed by atoms with E-state index < -0.39 is 0 Å². The van der Waals surface area contributed by atoms with Crippen LogP contribution in [0.2, 0.25) is 0 Å². The summed E-state index contributed by atoms with van der Waals surface area (Å²) in [5.41, 5.74) is 10.6. The molecule has 4 heterocycles. The smallest absolute Gasteiger partial charge is 0.243 e. The Morgan fingerprint density at radius 3 is 2.66 bits per heavy atom. The van der Waals surface area contributed by atoms with Gasteiger partial charge in [0.2, 0.25) is 11.8 Å². The Bertz CT molecular complexity index is 1160. The van der Waals surface area contributed by atoms with Crippen molar-refractivity contribution < 1.29 is 4.74 Å². The number of piperidine rings is 1. The number of hydrogen-bond donors (Lipinski definition) is 2. The number of H-pyrrole nitrogens is 1. The van der Waals surface area contributed by atoms with Crippen LogP contribution in [-0.4, -0.2) is 39.6 Å². The number of benzene rings is 1. The summed E-state index contributed by atoms with van der Waals surface area (Å²) in [6.45, 7) is 4.52. The lowest BCUT2D eigenvalue weighted by Gasteiger charge is -2.26. The Morgan fingerprint density at radius 1 is 1.07 bits per heavy atom. The average molecular weight is 388 g/mol. The maximum absolute atomic E-state index is 5.88. The SMILES string of the molecule is CCOc1nc(N2CCCCC2)nc2c1[nH]c1cc(-c3ccc(N)nc3)ccc12. The zero-order valence-corrected chi connectivity index (χ0v) is 16.5. The molecular formula is C22H24N6O. The van der Waals surface area contributed by atoms with Crippen LogP contribution >= 0.6 is 0 Å². The molecule has 1 aliphatic heterocycles. The van der Waals surface area contributed by atoms with Crippen molar-refractivity contribution >= 4 is 33.7 Å². The first-order valence-electron chi connectivity index (χ1n) is 10.2. The summed E-state index contributed by atoms with van der Waals surface area (Å²) < 4.78 is 5.88. The number of hydrogen-bond acceptors (Lipinski definition) is 6. The maximum atomic E-state index is 5.88. The number of anilines is 2. The fourth-order valence-electron chi connectivity index (χ4n) is 3.96. The topological polar surface area (TPSA) is 93.0 Å². The van der Waals surface area contributed by atoms with Crippen molar-refractivity contribution in [3.63, 3.8) is 0 Å². The first-order chi connectivity index (χ1) is 14.2. The summed E-state index contributed by atoms with van der Waals surface area (Å²) in [5, 5.41) is 1.06. The van der Waals surface area contributed by atoms with Gasteiger partial charge in [0.1, 0.15) is 16.9 Å². The van der Waals surface area contributed by atoms with E-state index in [-0.39, 0.29) is 0 Å². The fourth-order valence-corrected chi connectivity index (χ4v) is 3.96. The summed E-state index contributed by atoms with van der Waals surface area (Å²) >= 11 is 0. The molecule has 0 bridgehead atoms. The van der Waals surface area contributed by atoms with E-state index in [1.165, 1.54) is 19.3 Å². The van der Waals surface area contributed by atoms with Crippen molar-refractivity contribution in [2.45, 2.75) is 26.2 Å². The van der Waals surface area contributed by atoms with Crippen molar-refractivity contribution in [1.29, 1.82) is 0 Å². The molecule has 1 aromatic carbocycles. The minimum atomic E-state index is 0.516. The Balaban J connectivity index is 1.65. The lowest BCUT2D eigenvalue weighted by molar-refractivity contribution is 0.330. The van der Waals surface area contributed by atoms with E-state index in [0.29, 0.717) is 18.3 Å². The molecule has 1 saturated heterocycles. The number of nitrogen functional groups attached to an aromatic ring is 1. The summed E-state index contributed by atoms with van der Waals surface area (Å²) in [7, 11) is 0. The molecule has 0 amide bonds. The van der Waals surface area contributed by atoms with Gasteiger partial charge in [-0.1, -0.05) is 12.1 Å². The van der Waals surface area contributed by atoms with E-state index in [2.05, 4.69) is 33.1 Å². The molecule has 0 radical (unpaired) electrons. The van der Waals surface area contributed by atoms with Gasteiger partial charge in [0, 0.05) is 35.8 Å². The summed E-state index contributed by atoms with van der Waals surface area (Å²) in [4.78, 5) is 19.6. The Kier molecular flexibility index (Phi) is 4.42. The van der Waals surface area contributed by atoms with Gasteiger partial charge in [-0.25, -0.2) is 9.97 Å². The summed E-state index contributed by atoms with van der Waals surface area (Å²) in [5.74, 6) is 1.89. The average Bonchev–Trinajstić information content (AvgIpc) is 3.13. The molecule has 0 aliphatic carbocycles. The molecule has 148 valence electrons. The molecule has 7 heteroatoms. The van der Waals surface area contributed by atoms with E-state index >= 15 is 0 Å². The van der Waals surface area contributed by atoms with Crippen molar-refractivity contribution in [1.82, 2.24) is 19.9 Å². The van der Waals surface area contributed by atoms with Crippen molar-refractivity contribution in [2.24, 2.45) is 0 Å². The van der Waals surface area contributed by atoms with Crippen molar-refractivity contribution in [2.75, 3.05) is 30.3 Å². The van der Waals surface area contributed by atoms with Gasteiger partial charge >= 0.3 is 0 Å². The number of nitrogens with one attached hydrogen (secondary N) is 1. The highest BCUT2D eigenvalue weighted by Gasteiger charge is 2.19. The van der Waals surface area contributed by atoms with E-state index in [1.807, 2.05) is 19.1 Å². The second-order valence-corrected chi connectivity index (χ2v) is 7.39. The van der Waals surface area contributed by atoms with Crippen LogP contribution in [0.1, 0.15) is 26.2 Å². The van der Waals surface area contributed by atoms with E-state index in [0.717, 1.165) is 52.1 Å². The molecule has 3 aromatic heterocycles. The van der Waals surface area contributed by atoms with Gasteiger partial charge in [-0.15, -0.1) is 0 Å². The number of nitrogens with zero attached hydrogens (tertiary/aromatic N) is 4. The van der Waals surface area contributed by atoms with Gasteiger partial charge in [-0.05, 0) is 49.9 Å². The lowest BCUT2D eigenvalue weighted by Crippen LogP contribution is -2.31. The predicted octanol–water partition coefficient (Wildman–Crippen LogP) is 4.14. The van der Waals surface area contributed by atoms with E-state index in [4.69, 9.17) is 20.4 Å². The Hall–Kier alpha value is -3.35. The molecule has 1 aliphatic rings. The van der Waals surface area contributed by atoms with Crippen LogP contribution in [0.5, 0.6) is 5.88 Å². The van der Waals surface area contributed by atoms with Crippen LogP contribution in [0.15, 0.2) is 36.5 Å². The van der Waals surface area contributed by atoms with Gasteiger partial charge < -0.3 is 20.4 Å². The number of aromatic nitrogens is 4. The van der Waals surface area contributed by atoms with Crippen LogP contribution in [0.25, 0.3) is 33.1 Å². The van der Waals surface area contributed by atoms with Crippen molar-refractivity contribution in [3.05, 3.63) is 36.5 Å². The van der Waals surface area contributed by atoms with Crippen LogP contribution < -0.4 is 15.4 Å². The van der Waals surface area contributed by atoms with Gasteiger partial charge in [-0.3, -0.25) is 0 Å².